The molecule has 0 spiro atoms. The fourth-order valence-electron chi connectivity index (χ4n) is 3.20. The van der Waals surface area contributed by atoms with Gasteiger partial charge in [-0.1, -0.05) is 41.6 Å². The molecular weight excluding hydrogens is 470 g/mol. The van der Waals surface area contributed by atoms with E-state index in [1.165, 1.54) is 27.8 Å². The second-order valence-corrected chi connectivity index (χ2v) is 9.77. The lowest BCUT2D eigenvalue weighted by molar-refractivity contribution is -0.127. The Morgan fingerprint density at radius 1 is 1.22 bits per heavy atom. The number of carbonyl (C=O) groups is 1. The topological polar surface area (TPSA) is 90.8 Å². The molecule has 166 valence electrons. The third-order valence-corrected chi connectivity index (χ3v) is 7.07. The highest BCUT2D eigenvalue weighted by atomic mass is 35.5. The molecule has 9 nitrogen and oxygen atoms in total. The van der Waals surface area contributed by atoms with E-state index in [2.05, 4.69) is 15.5 Å². The van der Waals surface area contributed by atoms with Crippen LogP contribution < -0.4 is 5.56 Å². The molecule has 0 atom stereocenters. The Kier molecular flexibility index (Phi) is 6.49. The summed E-state index contributed by atoms with van der Waals surface area (Å²) in [5.41, 5.74) is 1.54. The molecule has 0 aliphatic heterocycles. The smallest absolute Gasteiger partial charge is 0.297 e. The molecule has 4 aromatic rings. The lowest BCUT2D eigenvalue weighted by Crippen LogP contribution is -2.27. The molecule has 1 aromatic carbocycles. The Morgan fingerprint density at radius 2 is 1.97 bits per heavy atom. The highest BCUT2D eigenvalue weighted by Gasteiger charge is 2.22. The molecule has 12 heteroatoms. The van der Waals surface area contributed by atoms with Crippen LogP contribution in [0.3, 0.4) is 0 Å². The first kappa shape index (κ1) is 22.3. The Hall–Kier alpha value is -2.89. The van der Waals surface area contributed by atoms with Gasteiger partial charge >= 0.3 is 0 Å². The molecule has 0 bridgehead atoms. The average molecular weight is 490 g/mol. The van der Waals surface area contributed by atoms with Gasteiger partial charge in [0.1, 0.15) is 0 Å². The van der Waals surface area contributed by atoms with Crippen LogP contribution in [-0.4, -0.2) is 53.2 Å². The van der Waals surface area contributed by atoms with E-state index in [-0.39, 0.29) is 17.2 Å². The maximum atomic E-state index is 13.2. The minimum Gasteiger partial charge on any atom is -0.340 e. The van der Waals surface area contributed by atoms with Crippen molar-refractivity contribution >= 4 is 40.6 Å². The molecule has 3 aromatic heterocycles. The number of benzene rings is 1. The number of halogens is 1. The molecule has 0 radical (unpaired) electrons. The zero-order valence-electron chi connectivity index (χ0n) is 17.6. The van der Waals surface area contributed by atoms with Gasteiger partial charge in [0.15, 0.2) is 5.69 Å². The predicted octanol–water partition coefficient (Wildman–Crippen LogP) is 2.93. The number of hydrogen-bond acceptors (Lipinski definition) is 7. The molecule has 4 rings (SSSR count). The summed E-state index contributed by atoms with van der Waals surface area (Å²) in [6.07, 6.45) is 0. The van der Waals surface area contributed by atoms with E-state index in [1.807, 2.05) is 49.4 Å². The third-order valence-electron chi connectivity index (χ3n) is 4.95. The Balaban J connectivity index is 1.54. The highest BCUT2D eigenvalue weighted by molar-refractivity contribution is 7.99. The van der Waals surface area contributed by atoms with Crippen LogP contribution in [-0.2, 0) is 18.4 Å². The predicted molar refractivity (Wildman–Crippen MR) is 125 cm³/mol. The van der Waals surface area contributed by atoms with E-state index in [1.54, 1.807) is 28.4 Å². The van der Waals surface area contributed by atoms with Crippen molar-refractivity contribution < 1.29 is 4.79 Å². The standard InChI is InChI=1S/C20H20ClN7O2S2/c1-13-18(19(30)28(26(13)3)14-7-5-4-6-8-14)27-20(22-23-24-27)31-12-17(29)25(2)11-15-9-10-16(21)32-15/h4-10H,11-12H2,1-3H3. The quantitative estimate of drug-likeness (QED) is 0.371. The number of aromatic nitrogens is 6. The molecule has 0 N–H and O–H groups in total. The van der Waals surface area contributed by atoms with Gasteiger partial charge in [0, 0.05) is 19.0 Å². The van der Waals surface area contributed by atoms with E-state index < -0.39 is 0 Å². The SMILES string of the molecule is Cc1c(-n2nnnc2SCC(=O)N(C)Cc2ccc(Cl)s2)c(=O)n(-c2ccccc2)n1C. The van der Waals surface area contributed by atoms with E-state index in [0.29, 0.717) is 27.4 Å². The fourth-order valence-corrected chi connectivity index (χ4v) is 5.16. The molecule has 1 amide bonds. The van der Waals surface area contributed by atoms with E-state index >= 15 is 0 Å². The second kappa shape index (κ2) is 9.31. The van der Waals surface area contributed by atoms with Crippen molar-refractivity contribution in [3.05, 3.63) is 67.7 Å². The fraction of sp³-hybridized carbons (Fsp3) is 0.250. The maximum Gasteiger partial charge on any atom is 0.297 e. The number of tetrazole rings is 1. The lowest BCUT2D eigenvalue weighted by atomic mass is 10.3. The van der Waals surface area contributed by atoms with Gasteiger partial charge in [-0.25, -0.2) is 4.68 Å². The van der Waals surface area contributed by atoms with Crippen LogP contribution in [0.25, 0.3) is 11.4 Å². The summed E-state index contributed by atoms with van der Waals surface area (Å²) in [4.78, 5) is 28.5. The van der Waals surface area contributed by atoms with Crippen LogP contribution in [0, 0.1) is 6.92 Å². The summed E-state index contributed by atoms with van der Waals surface area (Å²) in [5.74, 6) is 0.0508. The first-order valence-electron chi connectivity index (χ1n) is 9.60. The zero-order valence-corrected chi connectivity index (χ0v) is 20.0. The number of nitrogens with zero attached hydrogens (tertiary/aromatic N) is 7. The molecule has 3 heterocycles. The van der Waals surface area contributed by atoms with Gasteiger partial charge in [0.2, 0.25) is 11.1 Å². The molecule has 32 heavy (non-hydrogen) atoms. The molecule has 0 aliphatic carbocycles. The van der Waals surface area contributed by atoms with Gasteiger partial charge in [-0.05, 0) is 41.6 Å². The number of thioether (sulfide) groups is 1. The summed E-state index contributed by atoms with van der Waals surface area (Å²) in [5, 5.41) is 12.2. The van der Waals surface area contributed by atoms with E-state index in [0.717, 1.165) is 10.6 Å². The van der Waals surface area contributed by atoms with Crippen LogP contribution in [0.15, 0.2) is 52.4 Å². The number of carbonyl (C=O) groups excluding carboxylic acids is 1. The van der Waals surface area contributed by atoms with Gasteiger partial charge in [0.25, 0.3) is 5.56 Å². The van der Waals surface area contributed by atoms with Gasteiger partial charge in [-0.3, -0.25) is 14.3 Å². The number of rotatable bonds is 7. The largest absolute Gasteiger partial charge is 0.340 e. The Labute approximate surface area is 197 Å². The van der Waals surface area contributed by atoms with E-state index in [9.17, 15) is 9.59 Å². The first-order valence-corrected chi connectivity index (χ1v) is 11.8. The summed E-state index contributed by atoms with van der Waals surface area (Å²) in [6.45, 7) is 2.30. The summed E-state index contributed by atoms with van der Waals surface area (Å²) in [7, 11) is 3.54. The Morgan fingerprint density at radius 3 is 2.66 bits per heavy atom. The van der Waals surface area contributed by atoms with Crippen molar-refractivity contribution in [1.82, 2.24) is 34.5 Å². The molecule has 0 fully saturated rings. The number of thiophene rings is 1. The van der Waals surface area contributed by atoms with Crippen molar-refractivity contribution in [2.24, 2.45) is 7.05 Å². The van der Waals surface area contributed by atoms with Crippen molar-refractivity contribution in [2.75, 3.05) is 12.8 Å². The van der Waals surface area contributed by atoms with Crippen molar-refractivity contribution in [2.45, 2.75) is 18.6 Å². The van der Waals surface area contributed by atoms with E-state index in [4.69, 9.17) is 11.6 Å². The van der Waals surface area contributed by atoms with Gasteiger partial charge in [-0.2, -0.15) is 4.68 Å². The minimum atomic E-state index is -0.247. The highest BCUT2D eigenvalue weighted by Crippen LogP contribution is 2.23. The molecule has 0 saturated carbocycles. The number of amides is 1. The third kappa shape index (κ3) is 4.36. The summed E-state index contributed by atoms with van der Waals surface area (Å²) >= 11 is 8.59. The van der Waals surface area contributed by atoms with Gasteiger partial charge in [-0.15, -0.1) is 16.4 Å². The van der Waals surface area contributed by atoms with Crippen molar-refractivity contribution in [3.63, 3.8) is 0 Å². The zero-order chi connectivity index (χ0) is 22.8. The maximum absolute atomic E-state index is 13.2. The van der Waals surface area contributed by atoms with Crippen LogP contribution in [0.1, 0.15) is 10.6 Å². The second-order valence-electron chi connectivity index (χ2n) is 7.03. The monoisotopic (exact) mass is 489 g/mol. The van der Waals surface area contributed by atoms with Crippen molar-refractivity contribution in [1.29, 1.82) is 0 Å². The van der Waals surface area contributed by atoms with Crippen LogP contribution in [0.2, 0.25) is 4.34 Å². The molecule has 0 unspecified atom stereocenters. The molecule has 0 saturated heterocycles. The Bertz CT molecular complexity index is 1310. The van der Waals surface area contributed by atoms with Gasteiger partial charge < -0.3 is 4.90 Å². The first-order chi connectivity index (χ1) is 15.4. The normalized spacial score (nSPS) is 11.1. The van der Waals surface area contributed by atoms with Crippen LogP contribution in [0.5, 0.6) is 0 Å². The summed E-state index contributed by atoms with van der Waals surface area (Å²) in [6, 6.07) is 13.1. The molecule has 0 aliphatic rings. The van der Waals surface area contributed by atoms with Gasteiger partial charge in [0.05, 0.1) is 28.0 Å². The summed E-state index contributed by atoms with van der Waals surface area (Å²) < 4.78 is 5.41. The number of hydrogen-bond donors (Lipinski definition) is 0. The van der Waals surface area contributed by atoms with Crippen LogP contribution >= 0.6 is 34.7 Å². The minimum absolute atomic E-state index is 0.0828. The average Bonchev–Trinajstić information content (AvgIpc) is 3.46. The van der Waals surface area contributed by atoms with Crippen LogP contribution in [0.4, 0.5) is 0 Å². The molecular formula is C20H20ClN7O2S2. The number of para-hydroxylation sites is 1. The van der Waals surface area contributed by atoms with Crippen molar-refractivity contribution in [3.8, 4) is 11.4 Å². The lowest BCUT2D eigenvalue weighted by Gasteiger charge is -2.15.